The van der Waals surface area contributed by atoms with Crippen molar-refractivity contribution in [3.05, 3.63) is 35.4 Å². The molecule has 290 valence electrons. The maximum absolute atomic E-state index is 12.3. The summed E-state index contributed by atoms with van der Waals surface area (Å²) in [5.41, 5.74) is 2.17. The summed E-state index contributed by atoms with van der Waals surface area (Å²) in [6, 6.07) is 8.17. The van der Waals surface area contributed by atoms with Gasteiger partial charge in [-0.05, 0) is 49.7 Å². The van der Waals surface area contributed by atoms with Crippen molar-refractivity contribution in [2.24, 2.45) is 0 Å². The monoisotopic (exact) mass is 701 g/mol. The number of carbonyl (C=O) groups is 2. The van der Waals surface area contributed by atoms with E-state index >= 15 is 0 Å². The Morgan fingerprint density at radius 3 is 0.980 bits per heavy atom. The van der Waals surface area contributed by atoms with Crippen molar-refractivity contribution in [3.8, 4) is 0 Å². The number of carbonyl (C=O) groups excluding carboxylic acids is 2. The standard InChI is InChI=1S/C44H80N2O4/c1-3-27-41(47)29-23-19-15-11-7-5-9-13-17-21-25-31-43(49)45-37-39-33-35-40(36-34-39)38-46-44(50)32-26-22-18-14-10-6-8-12-16-20-24-30-42(48)28-4-2/h33-36,41-42,47-48H,3-32,37-38H2,1-2H3,(H,45,49)(H,46,50). The second kappa shape index (κ2) is 34.2. The molecule has 2 amide bonds. The first-order valence-corrected chi connectivity index (χ1v) is 21.4. The van der Waals surface area contributed by atoms with E-state index in [-0.39, 0.29) is 24.0 Å². The molecule has 0 fully saturated rings. The summed E-state index contributed by atoms with van der Waals surface area (Å²) in [6.07, 6.45) is 34.1. The molecule has 0 aliphatic carbocycles. The first-order chi connectivity index (χ1) is 24.4. The first-order valence-electron chi connectivity index (χ1n) is 21.4. The number of amides is 2. The van der Waals surface area contributed by atoms with Gasteiger partial charge >= 0.3 is 0 Å². The molecule has 1 rings (SSSR count). The van der Waals surface area contributed by atoms with Gasteiger partial charge in [0.15, 0.2) is 0 Å². The van der Waals surface area contributed by atoms with Crippen LogP contribution in [0.4, 0.5) is 0 Å². The minimum absolute atomic E-state index is 0.0870. The van der Waals surface area contributed by atoms with Crippen molar-refractivity contribution in [2.75, 3.05) is 0 Å². The van der Waals surface area contributed by atoms with Gasteiger partial charge in [0.1, 0.15) is 0 Å². The van der Waals surface area contributed by atoms with Gasteiger partial charge in [0, 0.05) is 25.9 Å². The Kier molecular flexibility index (Phi) is 31.5. The zero-order valence-corrected chi connectivity index (χ0v) is 32.8. The van der Waals surface area contributed by atoms with E-state index < -0.39 is 0 Å². The number of hydrogen-bond donors (Lipinski definition) is 4. The molecule has 0 aromatic heterocycles. The van der Waals surface area contributed by atoms with Crippen LogP contribution in [-0.4, -0.2) is 34.2 Å². The quantitative estimate of drug-likeness (QED) is 0.0524. The van der Waals surface area contributed by atoms with Gasteiger partial charge in [-0.15, -0.1) is 0 Å². The Morgan fingerprint density at radius 2 is 0.700 bits per heavy atom. The molecular weight excluding hydrogens is 620 g/mol. The fourth-order valence-electron chi connectivity index (χ4n) is 6.82. The van der Waals surface area contributed by atoms with E-state index in [1.54, 1.807) is 0 Å². The van der Waals surface area contributed by atoms with Gasteiger partial charge in [-0.2, -0.15) is 0 Å². The Morgan fingerprint density at radius 1 is 0.440 bits per heavy atom. The lowest BCUT2D eigenvalue weighted by molar-refractivity contribution is -0.122. The van der Waals surface area contributed by atoms with Gasteiger partial charge in [-0.1, -0.05) is 179 Å². The average molecular weight is 701 g/mol. The summed E-state index contributed by atoms with van der Waals surface area (Å²) in [7, 11) is 0. The molecule has 0 bridgehead atoms. The van der Waals surface area contributed by atoms with Gasteiger partial charge in [0.05, 0.1) is 12.2 Å². The molecule has 1 aromatic rings. The molecule has 0 radical (unpaired) electrons. The SMILES string of the molecule is CCCC(O)CCCCCCCCCCCCCC(=O)NCc1ccc(CNC(=O)CCCCCCCCCCCCCC(O)CCC)cc1. The van der Waals surface area contributed by atoms with E-state index in [9.17, 15) is 19.8 Å². The largest absolute Gasteiger partial charge is 0.393 e. The van der Waals surface area contributed by atoms with Crippen molar-refractivity contribution >= 4 is 11.8 Å². The number of unbranched alkanes of at least 4 members (excludes halogenated alkanes) is 20. The van der Waals surface area contributed by atoms with E-state index in [0.717, 1.165) is 75.3 Å². The lowest BCUT2D eigenvalue weighted by atomic mass is 10.0. The fourth-order valence-corrected chi connectivity index (χ4v) is 6.82. The summed E-state index contributed by atoms with van der Waals surface area (Å²) in [5.74, 6) is 0.260. The molecular formula is C44H80N2O4. The van der Waals surface area contributed by atoms with Gasteiger partial charge in [0.25, 0.3) is 0 Å². The highest BCUT2D eigenvalue weighted by molar-refractivity contribution is 5.76. The van der Waals surface area contributed by atoms with Crippen LogP contribution >= 0.6 is 0 Å². The summed E-state index contributed by atoms with van der Waals surface area (Å²) in [6.45, 7) is 5.37. The Labute approximate surface area is 308 Å². The molecule has 1 aromatic carbocycles. The van der Waals surface area contributed by atoms with Crippen molar-refractivity contribution in [1.29, 1.82) is 0 Å². The zero-order chi connectivity index (χ0) is 36.3. The molecule has 2 unspecified atom stereocenters. The van der Waals surface area contributed by atoms with Crippen LogP contribution in [0.3, 0.4) is 0 Å². The van der Waals surface area contributed by atoms with E-state index in [1.165, 1.54) is 116 Å². The highest BCUT2D eigenvalue weighted by Gasteiger charge is 2.06. The number of aliphatic hydroxyl groups is 2. The molecule has 2 atom stereocenters. The number of benzene rings is 1. The van der Waals surface area contributed by atoms with Crippen molar-refractivity contribution in [2.45, 2.75) is 232 Å². The van der Waals surface area contributed by atoms with Crippen LogP contribution in [0.2, 0.25) is 0 Å². The molecule has 0 saturated heterocycles. The molecule has 0 spiro atoms. The van der Waals surface area contributed by atoms with E-state index in [0.29, 0.717) is 25.9 Å². The number of rotatable bonds is 36. The average Bonchev–Trinajstić information content (AvgIpc) is 3.11. The van der Waals surface area contributed by atoms with Gasteiger partial charge in [-0.3, -0.25) is 9.59 Å². The zero-order valence-electron chi connectivity index (χ0n) is 32.8. The van der Waals surface area contributed by atoms with Crippen molar-refractivity contribution in [1.82, 2.24) is 10.6 Å². The molecule has 50 heavy (non-hydrogen) atoms. The van der Waals surface area contributed by atoms with Crippen LogP contribution in [0.1, 0.15) is 218 Å². The van der Waals surface area contributed by atoms with Crippen LogP contribution in [0.25, 0.3) is 0 Å². The lowest BCUT2D eigenvalue weighted by Gasteiger charge is -2.09. The normalized spacial score (nSPS) is 12.6. The van der Waals surface area contributed by atoms with Gasteiger partial charge in [-0.25, -0.2) is 0 Å². The minimum atomic E-state index is -0.0870. The third-order valence-electron chi connectivity index (χ3n) is 10.1. The highest BCUT2D eigenvalue weighted by Crippen LogP contribution is 2.16. The number of nitrogens with one attached hydrogen (secondary N) is 2. The van der Waals surface area contributed by atoms with Crippen LogP contribution in [0.15, 0.2) is 24.3 Å². The summed E-state index contributed by atoms with van der Waals surface area (Å²) < 4.78 is 0. The Bertz CT molecular complexity index is 833. The molecule has 6 nitrogen and oxygen atoms in total. The predicted molar refractivity (Wildman–Crippen MR) is 212 cm³/mol. The maximum Gasteiger partial charge on any atom is 0.220 e. The second-order valence-electron chi connectivity index (χ2n) is 15.1. The summed E-state index contributed by atoms with van der Waals surface area (Å²) >= 11 is 0. The molecule has 0 aliphatic heterocycles. The first kappa shape index (κ1) is 46.1. The second-order valence-corrected chi connectivity index (χ2v) is 15.1. The Hall–Kier alpha value is -1.92. The fraction of sp³-hybridized carbons (Fsp3) is 0.818. The van der Waals surface area contributed by atoms with E-state index in [2.05, 4.69) is 24.5 Å². The highest BCUT2D eigenvalue weighted by atomic mass is 16.3. The van der Waals surface area contributed by atoms with Gasteiger partial charge in [0.2, 0.25) is 11.8 Å². The number of aliphatic hydroxyl groups excluding tert-OH is 2. The van der Waals surface area contributed by atoms with Crippen molar-refractivity contribution < 1.29 is 19.8 Å². The molecule has 0 saturated carbocycles. The molecule has 0 aliphatic rings. The Balaban J connectivity index is 1.91. The van der Waals surface area contributed by atoms with E-state index in [4.69, 9.17) is 0 Å². The third kappa shape index (κ3) is 29.8. The topological polar surface area (TPSA) is 98.7 Å². The number of hydrogen-bond acceptors (Lipinski definition) is 4. The minimum Gasteiger partial charge on any atom is -0.393 e. The molecule has 0 heterocycles. The lowest BCUT2D eigenvalue weighted by Crippen LogP contribution is -2.23. The predicted octanol–water partition coefficient (Wildman–Crippen LogP) is 11.4. The van der Waals surface area contributed by atoms with Crippen LogP contribution < -0.4 is 10.6 Å². The third-order valence-corrected chi connectivity index (χ3v) is 10.1. The van der Waals surface area contributed by atoms with Crippen molar-refractivity contribution in [3.63, 3.8) is 0 Å². The molecule has 4 N–H and O–H groups in total. The summed E-state index contributed by atoms with van der Waals surface area (Å²) in [4.78, 5) is 24.6. The van der Waals surface area contributed by atoms with Gasteiger partial charge < -0.3 is 20.8 Å². The molecule has 6 heteroatoms. The summed E-state index contributed by atoms with van der Waals surface area (Å²) in [5, 5.41) is 25.7. The van der Waals surface area contributed by atoms with Crippen LogP contribution in [0, 0.1) is 0 Å². The smallest absolute Gasteiger partial charge is 0.220 e. The van der Waals surface area contributed by atoms with Crippen LogP contribution in [-0.2, 0) is 22.7 Å². The van der Waals surface area contributed by atoms with E-state index in [1.807, 2.05) is 24.3 Å². The maximum atomic E-state index is 12.3. The van der Waals surface area contributed by atoms with Crippen LogP contribution in [0.5, 0.6) is 0 Å².